The average Bonchev–Trinajstić information content (AvgIpc) is 2.39. The van der Waals surface area contributed by atoms with Crippen LogP contribution in [-0.2, 0) is 9.53 Å². The summed E-state index contributed by atoms with van der Waals surface area (Å²) in [5.41, 5.74) is -0.439. The molecule has 0 saturated heterocycles. The normalized spacial score (nSPS) is 13.7. The van der Waals surface area contributed by atoms with Crippen LogP contribution >= 0.6 is 0 Å². The molecule has 0 aromatic heterocycles. The SMILES string of the molecule is CCCCCCC(C)(C#N)CCC(=O)OCCO. The van der Waals surface area contributed by atoms with E-state index in [9.17, 15) is 10.1 Å². The average molecular weight is 255 g/mol. The molecule has 0 bridgehead atoms. The van der Waals surface area contributed by atoms with E-state index in [2.05, 4.69) is 13.0 Å². The third-order valence-electron chi connectivity index (χ3n) is 3.09. The van der Waals surface area contributed by atoms with E-state index in [0.29, 0.717) is 6.42 Å². The maximum atomic E-state index is 11.3. The summed E-state index contributed by atoms with van der Waals surface area (Å²) >= 11 is 0. The van der Waals surface area contributed by atoms with Crippen LogP contribution in [0.2, 0.25) is 0 Å². The van der Waals surface area contributed by atoms with Crippen LogP contribution in [0.1, 0.15) is 58.8 Å². The minimum absolute atomic E-state index is 0.0403. The molecule has 0 heterocycles. The minimum Gasteiger partial charge on any atom is -0.463 e. The number of nitrogens with zero attached hydrogens (tertiary/aromatic N) is 1. The molecule has 0 aliphatic rings. The second kappa shape index (κ2) is 9.90. The van der Waals surface area contributed by atoms with Gasteiger partial charge in [0.05, 0.1) is 18.1 Å². The molecule has 0 saturated carbocycles. The van der Waals surface area contributed by atoms with Crippen molar-refractivity contribution in [3.63, 3.8) is 0 Å². The van der Waals surface area contributed by atoms with Crippen molar-refractivity contribution in [3.8, 4) is 6.07 Å². The van der Waals surface area contributed by atoms with Crippen molar-refractivity contribution in [1.82, 2.24) is 0 Å². The highest BCUT2D eigenvalue weighted by Crippen LogP contribution is 2.29. The highest BCUT2D eigenvalue weighted by molar-refractivity contribution is 5.69. The predicted molar refractivity (Wildman–Crippen MR) is 69.8 cm³/mol. The van der Waals surface area contributed by atoms with Gasteiger partial charge < -0.3 is 9.84 Å². The van der Waals surface area contributed by atoms with Gasteiger partial charge in [0.25, 0.3) is 0 Å². The molecule has 1 unspecified atom stereocenters. The second-order valence-electron chi connectivity index (χ2n) is 4.93. The van der Waals surface area contributed by atoms with Gasteiger partial charge in [-0.25, -0.2) is 0 Å². The molecule has 18 heavy (non-hydrogen) atoms. The summed E-state index contributed by atoms with van der Waals surface area (Å²) in [7, 11) is 0. The van der Waals surface area contributed by atoms with E-state index < -0.39 is 5.41 Å². The Bertz CT molecular complexity index is 273. The lowest BCUT2D eigenvalue weighted by Gasteiger charge is -2.20. The van der Waals surface area contributed by atoms with Crippen LogP contribution in [0.25, 0.3) is 0 Å². The first kappa shape index (κ1) is 16.9. The zero-order chi connectivity index (χ0) is 13.9. The Kier molecular flexibility index (Phi) is 9.31. The Morgan fingerprint density at radius 2 is 2.06 bits per heavy atom. The fraction of sp³-hybridized carbons (Fsp3) is 0.857. The quantitative estimate of drug-likeness (QED) is 0.481. The van der Waals surface area contributed by atoms with Crippen molar-refractivity contribution in [2.45, 2.75) is 58.8 Å². The highest BCUT2D eigenvalue weighted by Gasteiger charge is 2.24. The summed E-state index contributed by atoms with van der Waals surface area (Å²) in [6.07, 6.45) is 6.15. The molecule has 0 spiro atoms. The van der Waals surface area contributed by atoms with Gasteiger partial charge in [0.15, 0.2) is 0 Å². The van der Waals surface area contributed by atoms with Crippen LogP contribution in [0, 0.1) is 16.7 Å². The van der Waals surface area contributed by atoms with Crippen molar-refractivity contribution >= 4 is 5.97 Å². The van der Waals surface area contributed by atoms with E-state index in [-0.39, 0.29) is 25.6 Å². The van der Waals surface area contributed by atoms with Crippen LogP contribution in [0.3, 0.4) is 0 Å². The third-order valence-corrected chi connectivity index (χ3v) is 3.09. The van der Waals surface area contributed by atoms with E-state index >= 15 is 0 Å². The maximum absolute atomic E-state index is 11.3. The third kappa shape index (κ3) is 8.08. The van der Waals surface area contributed by atoms with Crippen molar-refractivity contribution in [1.29, 1.82) is 5.26 Å². The molecule has 0 fully saturated rings. The molecule has 4 nitrogen and oxygen atoms in total. The lowest BCUT2D eigenvalue weighted by atomic mass is 9.82. The van der Waals surface area contributed by atoms with Crippen LogP contribution in [0.4, 0.5) is 0 Å². The highest BCUT2D eigenvalue weighted by atomic mass is 16.5. The number of rotatable bonds is 10. The number of ether oxygens (including phenoxy) is 1. The lowest BCUT2D eigenvalue weighted by Crippen LogP contribution is -2.17. The molecule has 0 aromatic rings. The Labute approximate surface area is 110 Å². The largest absolute Gasteiger partial charge is 0.463 e. The van der Waals surface area contributed by atoms with E-state index in [1.807, 2.05) is 6.92 Å². The van der Waals surface area contributed by atoms with Gasteiger partial charge in [-0.15, -0.1) is 0 Å². The number of hydrogen-bond donors (Lipinski definition) is 1. The van der Waals surface area contributed by atoms with Gasteiger partial charge in [0.1, 0.15) is 6.61 Å². The number of hydrogen-bond acceptors (Lipinski definition) is 4. The molecule has 4 heteroatoms. The molecular weight excluding hydrogens is 230 g/mol. The van der Waals surface area contributed by atoms with Gasteiger partial charge in [-0.1, -0.05) is 32.6 Å². The number of unbranched alkanes of at least 4 members (excludes halogenated alkanes) is 3. The number of esters is 1. The summed E-state index contributed by atoms with van der Waals surface area (Å²) in [5, 5.41) is 17.7. The molecule has 1 N–H and O–H groups in total. The molecule has 104 valence electrons. The fourth-order valence-corrected chi connectivity index (χ4v) is 1.79. The summed E-state index contributed by atoms with van der Waals surface area (Å²) in [6, 6.07) is 2.31. The predicted octanol–water partition coefficient (Wildman–Crippen LogP) is 2.80. The maximum Gasteiger partial charge on any atom is 0.305 e. The topological polar surface area (TPSA) is 70.3 Å². The Balaban J connectivity index is 3.92. The van der Waals surface area contributed by atoms with Crippen LogP contribution in [0.5, 0.6) is 0 Å². The second-order valence-corrected chi connectivity index (χ2v) is 4.93. The molecule has 0 aliphatic heterocycles. The van der Waals surface area contributed by atoms with E-state index in [4.69, 9.17) is 9.84 Å². The molecule has 0 aliphatic carbocycles. The van der Waals surface area contributed by atoms with Crippen LogP contribution in [-0.4, -0.2) is 24.3 Å². The lowest BCUT2D eigenvalue weighted by molar-refractivity contribution is -0.145. The van der Waals surface area contributed by atoms with Crippen molar-refractivity contribution < 1.29 is 14.6 Å². The molecular formula is C14H25NO3. The number of nitriles is 1. The fourth-order valence-electron chi connectivity index (χ4n) is 1.79. The van der Waals surface area contributed by atoms with Crippen molar-refractivity contribution in [2.75, 3.05) is 13.2 Å². The molecule has 1 atom stereocenters. The first-order valence-electron chi connectivity index (χ1n) is 6.75. The van der Waals surface area contributed by atoms with Crippen molar-refractivity contribution in [2.24, 2.45) is 5.41 Å². The van der Waals surface area contributed by atoms with Gasteiger partial charge in [0, 0.05) is 6.42 Å². The molecule has 0 radical (unpaired) electrons. The molecule has 0 amide bonds. The van der Waals surface area contributed by atoms with Gasteiger partial charge in [-0.2, -0.15) is 5.26 Å². The number of carbonyl (C=O) groups is 1. The smallest absolute Gasteiger partial charge is 0.305 e. The summed E-state index contributed by atoms with van der Waals surface area (Å²) < 4.78 is 4.78. The Morgan fingerprint density at radius 3 is 2.61 bits per heavy atom. The summed E-state index contributed by atoms with van der Waals surface area (Å²) in [5.74, 6) is -0.334. The Morgan fingerprint density at radius 1 is 1.33 bits per heavy atom. The number of aliphatic hydroxyl groups excluding tert-OH is 1. The monoisotopic (exact) mass is 255 g/mol. The van der Waals surface area contributed by atoms with E-state index in [0.717, 1.165) is 19.3 Å². The number of aliphatic hydroxyl groups is 1. The van der Waals surface area contributed by atoms with E-state index in [1.54, 1.807) is 0 Å². The van der Waals surface area contributed by atoms with Crippen LogP contribution < -0.4 is 0 Å². The van der Waals surface area contributed by atoms with Gasteiger partial charge in [-0.3, -0.25) is 4.79 Å². The number of carbonyl (C=O) groups excluding carboxylic acids is 1. The zero-order valence-electron chi connectivity index (χ0n) is 11.6. The van der Waals surface area contributed by atoms with Gasteiger partial charge >= 0.3 is 5.97 Å². The first-order chi connectivity index (χ1) is 8.58. The first-order valence-corrected chi connectivity index (χ1v) is 6.75. The van der Waals surface area contributed by atoms with Crippen LogP contribution in [0.15, 0.2) is 0 Å². The van der Waals surface area contributed by atoms with Gasteiger partial charge in [-0.05, 0) is 19.8 Å². The summed E-state index contributed by atoms with van der Waals surface area (Å²) in [6.45, 7) is 3.94. The minimum atomic E-state index is -0.439. The molecule has 0 rings (SSSR count). The van der Waals surface area contributed by atoms with Crippen molar-refractivity contribution in [3.05, 3.63) is 0 Å². The van der Waals surface area contributed by atoms with E-state index in [1.165, 1.54) is 12.8 Å². The zero-order valence-corrected chi connectivity index (χ0v) is 11.6. The summed E-state index contributed by atoms with van der Waals surface area (Å²) in [4.78, 5) is 11.3. The standard InChI is InChI=1S/C14H25NO3/c1-3-4-5-6-8-14(2,12-15)9-7-13(17)18-11-10-16/h16H,3-11H2,1-2H3. The molecule has 0 aromatic carbocycles. The Hall–Kier alpha value is -1.08. The van der Waals surface area contributed by atoms with Gasteiger partial charge in [0.2, 0.25) is 0 Å².